The molecule has 1 aliphatic rings. The van der Waals surface area contributed by atoms with E-state index in [1.54, 1.807) is 4.90 Å². The molecule has 1 amide bonds. The molecule has 20 heavy (non-hydrogen) atoms. The summed E-state index contributed by atoms with van der Waals surface area (Å²) in [6, 6.07) is 3.57. The fourth-order valence-electron chi connectivity index (χ4n) is 2.31. The molecule has 0 aliphatic carbocycles. The Morgan fingerprint density at radius 1 is 1.45 bits per heavy atom. The first-order valence-electron chi connectivity index (χ1n) is 6.71. The minimum Gasteiger partial charge on any atom is -0.508 e. The molecule has 0 unspecified atom stereocenters. The van der Waals surface area contributed by atoms with Crippen LogP contribution in [0.2, 0.25) is 0 Å². The summed E-state index contributed by atoms with van der Waals surface area (Å²) in [6.45, 7) is 2.08. The second kappa shape index (κ2) is 6.67. The topological polar surface area (TPSA) is 75.8 Å². The SMILES string of the molecule is NCCOC1CCN(C(=O)c2ccc(O)cc2F)CC1. The fourth-order valence-corrected chi connectivity index (χ4v) is 2.31. The molecule has 2 rings (SSSR count). The van der Waals surface area contributed by atoms with Crippen molar-refractivity contribution in [2.75, 3.05) is 26.2 Å². The van der Waals surface area contributed by atoms with Crippen molar-refractivity contribution in [3.63, 3.8) is 0 Å². The molecule has 1 aliphatic heterocycles. The van der Waals surface area contributed by atoms with Crippen molar-refractivity contribution >= 4 is 5.91 Å². The number of amides is 1. The number of hydrogen-bond donors (Lipinski definition) is 2. The Morgan fingerprint density at radius 2 is 2.15 bits per heavy atom. The predicted octanol–water partition coefficient (Wildman–Crippen LogP) is 1.11. The summed E-state index contributed by atoms with van der Waals surface area (Å²) in [5.41, 5.74) is 5.36. The van der Waals surface area contributed by atoms with Gasteiger partial charge in [-0.1, -0.05) is 0 Å². The van der Waals surface area contributed by atoms with Crippen LogP contribution in [-0.4, -0.2) is 48.3 Å². The van der Waals surface area contributed by atoms with E-state index >= 15 is 0 Å². The van der Waals surface area contributed by atoms with Gasteiger partial charge in [0.2, 0.25) is 0 Å². The van der Waals surface area contributed by atoms with E-state index in [1.807, 2.05) is 0 Å². The molecule has 0 bridgehead atoms. The van der Waals surface area contributed by atoms with E-state index in [9.17, 15) is 9.18 Å². The summed E-state index contributed by atoms with van der Waals surface area (Å²) < 4.78 is 19.2. The molecule has 1 aromatic rings. The van der Waals surface area contributed by atoms with Crippen LogP contribution in [-0.2, 0) is 4.74 Å². The number of carbonyl (C=O) groups excluding carboxylic acids is 1. The highest BCUT2D eigenvalue weighted by molar-refractivity contribution is 5.94. The van der Waals surface area contributed by atoms with Crippen LogP contribution in [0.25, 0.3) is 0 Å². The van der Waals surface area contributed by atoms with E-state index < -0.39 is 5.82 Å². The molecule has 0 aromatic heterocycles. The number of carbonyl (C=O) groups is 1. The van der Waals surface area contributed by atoms with Crippen LogP contribution in [0.5, 0.6) is 5.75 Å². The maximum atomic E-state index is 13.7. The lowest BCUT2D eigenvalue weighted by Gasteiger charge is -2.32. The average molecular weight is 282 g/mol. The van der Waals surface area contributed by atoms with Crippen molar-refractivity contribution in [3.05, 3.63) is 29.6 Å². The lowest BCUT2D eigenvalue weighted by molar-refractivity contribution is 0.0120. The third-order valence-corrected chi connectivity index (χ3v) is 3.38. The zero-order valence-corrected chi connectivity index (χ0v) is 11.2. The summed E-state index contributed by atoms with van der Waals surface area (Å²) in [5, 5.41) is 9.16. The van der Waals surface area contributed by atoms with E-state index in [1.165, 1.54) is 12.1 Å². The maximum Gasteiger partial charge on any atom is 0.256 e. The zero-order chi connectivity index (χ0) is 14.5. The lowest BCUT2D eigenvalue weighted by atomic mass is 10.1. The van der Waals surface area contributed by atoms with Gasteiger partial charge in [-0.25, -0.2) is 4.39 Å². The van der Waals surface area contributed by atoms with E-state index in [-0.39, 0.29) is 23.3 Å². The van der Waals surface area contributed by atoms with Gasteiger partial charge >= 0.3 is 0 Å². The largest absolute Gasteiger partial charge is 0.508 e. The van der Waals surface area contributed by atoms with Gasteiger partial charge in [0, 0.05) is 25.7 Å². The maximum absolute atomic E-state index is 13.7. The molecule has 0 atom stereocenters. The van der Waals surface area contributed by atoms with Crippen LogP contribution in [0.4, 0.5) is 4.39 Å². The number of aromatic hydroxyl groups is 1. The number of nitrogens with zero attached hydrogens (tertiary/aromatic N) is 1. The molecule has 6 heteroatoms. The van der Waals surface area contributed by atoms with E-state index in [2.05, 4.69) is 0 Å². The first-order chi connectivity index (χ1) is 9.61. The average Bonchev–Trinajstić information content (AvgIpc) is 2.45. The third kappa shape index (κ3) is 3.46. The molecule has 3 N–H and O–H groups in total. The Kier molecular flexibility index (Phi) is 4.92. The number of likely N-dealkylation sites (tertiary alicyclic amines) is 1. The molecule has 5 nitrogen and oxygen atoms in total. The number of rotatable bonds is 4. The minimum atomic E-state index is -0.698. The smallest absolute Gasteiger partial charge is 0.256 e. The number of nitrogens with two attached hydrogens (primary N) is 1. The molecule has 0 spiro atoms. The zero-order valence-electron chi connectivity index (χ0n) is 11.2. The molecule has 0 saturated carbocycles. The summed E-state index contributed by atoms with van der Waals surface area (Å²) >= 11 is 0. The Hall–Kier alpha value is -1.66. The van der Waals surface area contributed by atoms with Gasteiger partial charge in [0.1, 0.15) is 11.6 Å². The molecule has 1 fully saturated rings. The van der Waals surface area contributed by atoms with Crippen molar-refractivity contribution < 1.29 is 19.0 Å². The van der Waals surface area contributed by atoms with Gasteiger partial charge in [0.15, 0.2) is 0 Å². The highest BCUT2D eigenvalue weighted by Crippen LogP contribution is 2.20. The number of benzene rings is 1. The van der Waals surface area contributed by atoms with Crippen LogP contribution in [0.15, 0.2) is 18.2 Å². The van der Waals surface area contributed by atoms with Crippen LogP contribution in [0.1, 0.15) is 23.2 Å². The molecular weight excluding hydrogens is 263 g/mol. The standard InChI is InChI=1S/C14H19FN2O3/c15-13-9-10(18)1-2-12(13)14(19)17-6-3-11(4-7-17)20-8-5-16/h1-2,9,11,18H,3-8,16H2. The van der Waals surface area contributed by atoms with Crippen LogP contribution in [0.3, 0.4) is 0 Å². The van der Waals surface area contributed by atoms with Crippen LogP contribution in [0, 0.1) is 5.82 Å². The van der Waals surface area contributed by atoms with Crippen molar-refractivity contribution in [1.82, 2.24) is 4.90 Å². The van der Waals surface area contributed by atoms with Gasteiger partial charge in [-0.3, -0.25) is 4.79 Å². The number of piperidine rings is 1. The third-order valence-electron chi connectivity index (χ3n) is 3.38. The summed E-state index contributed by atoms with van der Waals surface area (Å²) in [6.07, 6.45) is 1.57. The number of hydrogen-bond acceptors (Lipinski definition) is 4. The summed E-state index contributed by atoms with van der Waals surface area (Å²) in [7, 11) is 0. The van der Waals surface area contributed by atoms with Crippen LogP contribution >= 0.6 is 0 Å². The van der Waals surface area contributed by atoms with Gasteiger partial charge in [0.05, 0.1) is 18.3 Å². The number of phenolic OH excluding ortho intramolecular Hbond substituents is 1. The molecular formula is C14H19FN2O3. The lowest BCUT2D eigenvalue weighted by Crippen LogP contribution is -2.41. The quantitative estimate of drug-likeness (QED) is 0.867. The Bertz CT molecular complexity index is 473. The summed E-state index contributed by atoms with van der Waals surface area (Å²) in [5.74, 6) is -1.23. The highest BCUT2D eigenvalue weighted by atomic mass is 19.1. The fraction of sp³-hybridized carbons (Fsp3) is 0.500. The monoisotopic (exact) mass is 282 g/mol. The molecule has 1 aromatic carbocycles. The molecule has 0 radical (unpaired) electrons. The highest BCUT2D eigenvalue weighted by Gasteiger charge is 2.25. The first kappa shape index (κ1) is 14.7. The molecule has 110 valence electrons. The number of phenols is 1. The number of halogens is 1. The first-order valence-corrected chi connectivity index (χ1v) is 6.71. The van der Waals surface area contributed by atoms with Crippen LogP contribution < -0.4 is 5.73 Å². The van der Waals surface area contributed by atoms with Gasteiger partial charge in [-0.05, 0) is 25.0 Å². The molecule has 1 heterocycles. The van der Waals surface area contributed by atoms with Gasteiger partial charge in [-0.15, -0.1) is 0 Å². The van der Waals surface area contributed by atoms with Crippen molar-refractivity contribution in [2.45, 2.75) is 18.9 Å². The second-order valence-electron chi connectivity index (χ2n) is 4.82. The van der Waals surface area contributed by atoms with Gasteiger partial charge in [-0.2, -0.15) is 0 Å². The number of ether oxygens (including phenoxy) is 1. The van der Waals surface area contributed by atoms with Crippen molar-refractivity contribution in [1.29, 1.82) is 0 Å². The Balaban J connectivity index is 1.94. The van der Waals surface area contributed by atoms with Crippen molar-refractivity contribution in [3.8, 4) is 5.75 Å². The van der Waals surface area contributed by atoms with E-state index in [0.29, 0.717) is 26.2 Å². The molecule has 1 saturated heterocycles. The Labute approximate surface area is 117 Å². The predicted molar refractivity (Wildman–Crippen MR) is 72.0 cm³/mol. The summed E-state index contributed by atoms with van der Waals surface area (Å²) in [4.78, 5) is 13.8. The minimum absolute atomic E-state index is 0.0101. The van der Waals surface area contributed by atoms with Gasteiger partial charge in [0.25, 0.3) is 5.91 Å². The van der Waals surface area contributed by atoms with E-state index in [4.69, 9.17) is 15.6 Å². The normalized spacial score (nSPS) is 16.4. The van der Waals surface area contributed by atoms with Gasteiger partial charge < -0.3 is 20.5 Å². The van der Waals surface area contributed by atoms with E-state index in [0.717, 1.165) is 18.9 Å². The second-order valence-corrected chi connectivity index (χ2v) is 4.82. The van der Waals surface area contributed by atoms with Crippen molar-refractivity contribution in [2.24, 2.45) is 5.73 Å². The Morgan fingerprint density at radius 3 is 2.75 bits per heavy atom.